The maximum Gasteiger partial charge on any atom is 0.271 e. The number of aromatic nitrogens is 2. The summed E-state index contributed by atoms with van der Waals surface area (Å²) in [4.78, 5) is 12.0. The predicted molar refractivity (Wildman–Crippen MR) is 75.1 cm³/mol. The molecule has 18 heavy (non-hydrogen) atoms. The van der Waals surface area contributed by atoms with Gasteiger partial charge in [-0.3, -0.25) is 9.48 Å². The van der Waals surface area contributed by atoms with Gasteiger partial charge in [-0.25, -0.2) is 0 Å². The van der Waals surface area contributed by atoms with Gasteiger partial charge in [0.1, 0.15) is 5.69 Å². The second kappa shape index (κ2) is 5.78. The molecule has 0 saturated carbocycles. The molecule has 0 spiro atoms. The molecule has 1 aliphatic rings. The Bertz CT molecular complexity index is 422. The number of hydrogen-bond donors (Lipinski definition) is 1. The van der Waals surface area contributed by atoms with Crippen LogP contribution in [-0.2, 0) is 7.05 Å². The Kier molecular flexibility index (Phi) is 4.32. The van der Waals surface area contributed by atoms with E-state index in [1.807, 2.05) is 24.9 Å². The lowest BCUT2D eigenvalue weighted by atomic mass is 10.1. The van der Waals surface area contributed by atoms with Crippen molar-refractivity contribution in [3.05, 3.63) is 17.5 Å². The van der Waals surface area contributed by atoms with Gasteiger partial charge in [0.25, 0.3) is 5.91 Å². The van der Waals surface area contributed by atoms with Gasteiger partial charge in [-0.1, -0.05) is 13.8 Å². The van der Waals surface area contributed by atoms with Crippen molar-refractivity contribution in [1.29, 1.82) is 0 Å². The van der Waals surface area contributed by atoms with Crippen molar-refractivity contribution < 1.29 is 4.79 Å². The van der Waals surface area contributed by atoms with E-state index >= 15 is 0 Å². The Balaban J connectivity index is 1.93. The van der Waals surface area contributed by atoms with Crippen LogP contribution in [0.25, 0.3) is 0 Å². The zero-order valence-electron chi connectivity index (χ0n) is 11.3. The fourth-order valence-electron chi connectivity index (χ4n) is 2.24. The van der Waals surface area contributed by atoms with Crippen LogP contribution in [0, 0.1) is 0 Å². The normalized spacial score (nSPS) is 19.4. The van der Waals surface area contributed by atoms with Crippen molar-refractivity contribution in [2.45, 2.75) is 37.9 Å². The van der Waals surface area contributed by atoms with Crippen LogP contribution in [0.4, 0.5) is 0 Å². The summed E-state index contributed by atoms with van der Waals surface area (Å²) in [6.07, 6.45) is 2.48. The van der Waals surface area contributed by atoms with Gasteiger partial charge in [0.2, 0.25) is 0 Å². The highest BCUT2D eigenvalue weighted by atomic mass is 32.2. The standard InChI is InChI=1S/C13H21N3OS/c1-9(2)12-7-11(15-16(12)3)13(17)14-8-10-5-4-6-18-10/h7,9-10H,4-6,8H2,1-3H3,(H,14,17). The number of nitrogens with zero attached hydrogens (tertiary/aromatic N) is 2. The molecule has 2 rings (SSSR count). The lowest BCUT2D eigenvalue weighted by Gasteiger charge is -2.08. The molecule has 4 nitrogen and oxygen atoms in total. The number of aryl methyl sites for hydroxylation is 1. The summed E-state index contributed by atoms with van der Waals surface area (Å²) < 4.78 is 1.80. The minimum Gasteiger partial charge on any atom is -0.350 e. The molecule has 100 valence electrons. The summed E-state index contributed by atoms with van der Waals surface area (Å²) in [5.41, 5.74) is 1.62. The van der Waals surface area contributed by atoms with E-state index in [0.29, 0.717) is 16.9 Å². The van der Waals surface area contributed by atoms with Crippen LogP contribution < -0.4 is 5.32 Å². The van der Waals surface area contributed by atoms with Gasteiger partial charge < -0.3 is 5.32 Å². The number of carbonyl (C=O) groups excluding carboxylic acids is 1. The van der Waals surface area contributed by atoms with Gasteiger partial charge in [0.05, 0.1) is 0 Å². The lowest BCUT2D eigenvalue weighted by Crippen LogP contribution is -2.30. The first-order valence-electron chi connectivity index (χ1n) is 6.51. The highest BCUT2D eigenvalue weighted by Crippen LogP contribution is 2.25. The van der Waals surface area contributed by atoms with E-state index in [1.165, 1.54) is 18.6 Å². The number of hydrogen-bond acceptors (Lipinski definition) is 3. The smallest absolute Gasteiger partial charge is 0.271 e. The van der Waals surface area contributed by atoms with Gasteiger partial charge in [-0.2, -0.15) is 16.9 Å². The Morgan fingerprint density at radius 3 is 3.00 bits per heavy atom. The first-order chi connectivity index (χ1) is 8.58. The predicted octanol–water partition coefficient (Wildman–Crippen LogP) is 2.17. The second-order valence-corrected chi connectivity index (χ2v) is 6.49. The third kappa shape index (κ3) is 3.07. The highest BCUT2D eigenvalue weighted by Gasteiger charge is 2.18. The summed E-state index contributed by atoms with van der Waals surface area (Å²) in [6, 6.07) is 1.89. The summed E-state index contributed by atoms with van der Waals surface area (Å²) >= 11 is 1.95. The van der Waals surface area contributed by atoms with Crippen molar-refractivity contribution in [2.24, 2.45) is 7.05 Å². The molecule has 2 heterocycles. The van der Waals surface area contributed by atoms with Crippen LogP contribution in [0.2, 0.25) is 0 Å². The van der Waals surface area contributed by atoms with Crippen LogP contribution in [0.3, 0.4) is 0 Å². The van der Waals surface area contributed by atoms with Crippen molar-refractivity contribution in [1.82, 2.24) is 15.1 Å². The van der Waals surface area contributed by atoms with Crippen molar-refractivity contribution in [3.63, 3.8) is 0 Å². The SMILES string of the molecule is CC(C)c1cc(C(=O)NCC2CCCS2)nn1C. The minimum absolute atomic E-state index is 0.0509. The van der Waals surface area contributed by atoms with Gasteiger partial charge in [0, 0.05) is 24.5 Å². The summed E-state index contributed by atoms with van der Waals surface area (Å²) in [6.45, 7) is 4.97. The molecule has 1 saturated heterocycles. The Labute approximate surface area is 113 Å². The maximum absolute atomic E-state index is 12.0. The van der Waals surface area contributed by atoms with Crippen LogP contribution in [0.5, 0.6) is 0 Å². The zero-order valence-corrected chi connectivity index (χ0v) is 12.1. The van der Waals surface area contributed by atoms with Crippen LogP contribution in [0.15, 0.2) is 6.07 Å². The minimum atomic E-state index is -0.0509. The molecule has 0 aromatic carbocycles. The second-order valence-electron chi connectivity index (χ2n) is 5.08. The highest BCUT2D eigenvalue weighted by molar-refractivity contribution is 8.00. The molecule has 1 aromatic heterocycles. The quantitative estimate of drug-likeness (QED) is 0.909. The summed E-state index contributed by atoms with van der Waals surface area (Å²) in [7, 11) is 1.89. The first kappa shape index (κ1) is 13.5. The molecular weight excluding hydrogens is 246 g/mol. The molecule has 1 fully saturated rings. The van der Waals surface area contributed by atoms with Crippen LogP contribution >= 0.6 is 11.8 Å². The molecule has 1 atom stereocenters. The van der Waals surface area contributed by atoms with Crippen molar-refractivity contribution >= 4 is 17.7 Å². The number of rotatable bonds is 4. The Morgan fingerprint density at radius 1 is 1.67 bits per heavy atom. The summed E-state index contributed by atoms with van der Waals surface area (Å²) in [5.74, 6) is 1.56. The molecule has 1 N–H and O–H groups in total. The van der Waals surface area contributed by atoms with Crippen molar-refractivity contribution in [2.75, 3.05) is 12.3 Å². The van der Waals surface area contributed by atoms with E-state index in [1.54, 1.807) is 4.68 Å². The number of nitrogens with one attached hydrogen (secondary N) is 1. The van der Waals surface area contributed by atoms with Gasteiger partial charge in [0.15, 0.2) is 0 Å². The average molecular weight is 267 g/mol. The fourth-order valence-corrected chi connectivity index (χ4v) is 3.44. The molecule has 1 amide bonds. The van der Waals surface area contributed by atoms with Gasteiger partial charge in [-0.05, 0) is 30.6 Å². The van der Waals surface area contributed by atoms with Crippen LogP contribution in [-0.4, -0.2) is 33.2 Å². The Hall–Kier alpha value is -0.970. The molecule has 0 bridgehead atoms. The van der Waals surface area contributed by atoms with E-state index in [2.05, 4.69) is 24.3 Å². The van der Waals surface area contributed by atoms with Gasteiger partial charge in [-0.15, -0.1) is 0 Å². The molecule has 1 aliphatic heterocycles. The molecule has 1 unspecified atom stereocenters. The third-order valence-electron chi connectivity index (χ3n) is 3.25. The molecular formula is C13H21N3OS. The van der Waals surface area contributed by atoms with E-state index < -0.39 is 0 Å². The number of carbonyl (C=O) groups is 1. The topological polar surface area (TPSA) is 46.9 Å². The molecule has 5 heteroatoms. The van der Waals surface area contributed by atoms with E-state index in [0.717, 1.165) is 12.2 Å². The first-order valence-corrected chi connectivity index (χ1v) is 7.56. The number of thioether (sulfide) groups is 1. The lowest BCUT2D eigenvalue weighted by molar-refractivity contribution is 0.0948. The van der Waals surface area contributed by atoms with E-state index in [4.69, 9.17) is 0 Å². The monoisotopic (exact) mass is 267 g/mol. The fraction of sp³-hybridized carbons (Fsp3) is 0.692. The summed E-state index contributed by atoms with van der Waals surface area (Å²) in [5, 5.41) is 7.85. The Morgan fingerprint density at radius 2 is 2.44 bits per heavy atom. The van der Waals surface area contributed by atoms with E-state index in [-0.39, 0.29) is 5.91 Å². The molecule has 0 aliphatic carbocycles. The molecule has 0 radical (unpaired) electrons. The van der Waals surface area contributed by atoms with Gasteiger partial charge >= 0.3 is 0 Å². The van der Waals surface area contributed by atoms with Crippen molar-refractivity contribution in [3.8, 4) is 0 Å². The van der Waals surface area contributed by atoms with E-state index in [9.17, 15) is 4.79 Å². The average Bonchev–Trinajstić information content (AvgIpc) is 2.94. The number of amides is 1. The third-order valence-corrected chi connectivity index (χ3v) is 4.65. The van der Waals surface area contributed by atoms with Crippen LogP contribution in [0.1, 0.15) is 48.8 Å². The largest absolute Gasteiger partial charge is 0.350 e. The maximum atomic E-state index is 12.0. The zero-order chi connectivity index (χ0) is 13.1. The molecule has 1 aromatic rings.